The maximum atomic E-state index is 13.1. The summed E-state index contributed by atoms with van der Waals surface area (Å²) in [6.45, 7) is 0.196. The largest absolute Gasteiger partial charge is 0.493 e. The van der Waals surface area contributed by atoms with E-state index in [1.165, 1.54) is 38.6 Å². The normalized spacial score (nSPS) is 11.7. The highest BCUT2D eigenvalue weighted by atomic mass is 32.2. The zero-order valence-electron chi connectivity index (χ0n) is 21.3. The summed E-state index contributed by atoms with van der Waals surface area (Å²) in [6.07, 6.45) is -3.00. The Labute approximate surface area is 227 Å². The number of sulfonamides is 1. The third-order valence-corrected chi connectivity index (χ3v) is 7.38. The first-order valence-corrected chi connectivity index (χ1v) is 13.3. The van der Waals surface area contributed by atoms with Crippen molar-refractivity contribution in [2.24, 2.45) is 0 Å². The molecular weight excluding hydrogens is 551 g/mol. The van der Waals surface area contributed by atoms with Gasteiger partial charge in [-0.3, -0.25) is 14.3 Å². The number of amides is 1. The molecule has 0 atom stereocenters. The van der Waals surface area contributed by atoms with E-state index in [1.54, 1.807) is 12.1 Å². The molecule has 0 aliphatic carbocycles. The molecule has 3 aromatic carbocycles. The molecular formula is C27H24F3N3O6S. The molecule has 0 spiro atoms. The number of ether oxygens (including phenoxy) is 2. The summed E-state index contributed by atoms with van der Waals surface area (Å²) in [5.74, 6) is 0.425. The molecule has 1 amide bonds. The predicted molar refractivity (Wildman–Crippen MR) is 142 cm³/mol. The smallest absolute Gasteiger partial charge is 0.416 e. The van der Waals surface area contributed by atoms with Gasteiger partial charge >= 0.3 is 6.18 Å². The van der Waals surface area contributed by atoms with Crippen molar-refractivity contribution in [2.45, 2.75) is 17.5 Å². The van der Waals surface area contributed by atoms with Crippen molar-refractivity contribution in [3.63, 3.8) is 0 Å². The molecule has 0 radical (unpaired) electrons. The monoisotopic (exact) mass is 575 g/mol. The van der Waals surface area contributed by atoms with E-state index in [9.17, 15) is 31.2 Å². The van der Waals surface area contributed by atoms with Crippen LogP contribution in [0, 0.1) is 0 Å². The van der Waals surface area contributed by atoms with Gasteiger partial charge in [-0.2, -0.15) is 13.2 Å². The number of pyridine rings is 1. The molecule has 9 nitrogen and oxygen atoms in total. The zero-order valence-corrected chi connectivity index (χ0v) is 22.1. The predicted octanol–water partition coefficient (Wildman–Crippen LogP) is 4.34. The Hall–Kier alpha value is -4.52. The molecule has 4 aromatic rings. The highest BCUT2D eigenvalue weighted by molar-refractivity contribution is 7.92. The lowest BCUT2D eigenvalue weighted by Gasteiger charge is -2.12. The number of benzene rings is 3. The van der Waals surface area contributed by atoms with E-state index < -0.39 is 33.1 Å². The molecule has 0 aliphatic heterocycles. The lowest BCUT2D eigenvalue weighted by atomic mass is 10.1. The number of hydrogen-bond acceptors (Lipinski definition) is 6. The number of halogens is 3. The third kappa shape index (κ3) is 6.20. The van der Waals surface area contributed by atoms with Crippen molar-refractivity contribution in [1.29, 1.82) is 0 Å². The number of carbonyl (C=O) groups is 1. The molecule has 0 saturated carbocycles. The Bertz CT molecular complexity index is 1740. The van der Waals surface area contributed by atoms with Gasteiger partial charge in [-0.05, 0) is 60.5 Å². The molecule has 1 aromatic heterocycles. The lowest BCUT2D eigenvalue weighted by Crippen LogP contribution is -2.30. The number of methoxy groups -OCH3 is 2. The second-order valence-corrected chi connectivity index (χ2v) is 10.3. The minimum absolute atomic E-state index is 0.0838. The summed E-state index contributed by atoms with van der Waals surface area (Å²) < 4.78 is 77.4. The number of alkyl halides is 3. The van der Waals surface area contributed by atoms with E-state index in [0.29, 0.717) is 24.0 Å². The number of H-pyrrole nitrogens is 1. The summed E-state index contributed by atoms with van der Waals surface area (Å²) in [5, 5.41) is 2.58. The molecule has 0 bridgehead atoms. The number of carbonyl (C=O) groups excluding carboxylic acids is 1. The standard InChI is InChI=1S/C27H24F3N3O6S/c1-38-23-9-6-16(12-24(23)39-2)10-11-31-26(35)21-15-32-22-8-7-19(14-20(22)25(21)34)40(36,37)33-18-5-3-4-17(13-18)27(28,29)30/h3-9,12-15,33H,10-11H2,1-2H3,(H,31,35)(H,32,34). The first-order chi connectivity index (χ1) is 18.9. The van der Waals surface area contributed by atoms with Crippen LogP contribution < -0.4 is 24.9 Å². The average Bonchev–Trinajstić information content (AvgIpc) is 2.92. The van der Waals surface area contributed by atoms with Crippen molar-refractivity contribution in [1.82, 2.24) is 10.3 Å². The summed E-state index contributed by atoms with van der Waals surface area (Å²) in [6, 6.07) is 12.6. The fourth-order valence-corrected chi connectivity index (χ4v) is 5.03. The lowest BCUT2D eigenvalue weighted by molar-refractivity contribution is -0.137. The van der Waals surface area contributed by atoms with Crippen LogP contribution in [-0.2, 0) is 22.6 Å². The van der Waals surface area contributed by atoms with Crippen LogP contribution in [0.5, 0.6) is 11.5 Å². The van der Waals surface area contributed by atoms with Crippen molar-refractivity contribution >= 4 is 32.5 Å². The minimum Gasteiger partial charge on any atom is -0.493 e. The van der Waals surface area contributed by atoms with Crippen LogP contribution in [0.15, 0.2) is 76.6 Å². The van der Waals surface area contributed by atoms with Gasteiger partial charge in [0.2, 0.25) is 5.43 Å². The van der Waals surface area contributed by atoms with Crippen molar-refractivity contribution in [2.75, 3.05) is 25.5 Å². The molecule has 4 rings (SSSR count). The molecule has 0 unspecified atom stereocenters. The Morgan fingerprint density at radius 3 is 2.42 bits per heavy atom. The second-order valence-electron chi connectivity index (χ2n) is 8.62. The highest BCUT2D eigenvalue weighted by Gasteiger charge is 2.31. The van der Waals surface area contributed by atoms with Gasteiger partial charge in [0, 0.05) is 29.3 Å². The third-order valence-electron chi connectivity index (χ3n) is 6.00. The van der Waals surface area contributed by atoms with Crippen molar-refractivity contribution in [3.8, 4) is 11.5 Å². The molecule has 0 fully saturated rings. The van der Waals surface area contributed by atoms with E-state index >= 15 is 0 Å². The number of anilines is 1. The van der Waals surface area contributed by atoms with Crippen LogP contribution >= 0.6 is 0 Å². The van der Waals surface area contributed by atoms with Gasteiger partial charge in [0.05, 0.1) is 24.7 Å². The molecule has 13 heteroatoms. The van der Waals surface area contributed by atoms with Gasteiger partial charge in [-0.15, -0.1) is 0 Å². The summed E-state index contributed by atoms with van der Waals surface area (Å²) in [5.41, 5.74) is -1.15. The first kappa shape index (κ1) is 28.5. The molecule has 40 heavy (non-hydrogen) atoms. The summed E-state index contributed by atoms with van der Waals surface area (Å²) in [7, 11) is -1.34. The van der Waals surface area contributed by atoms with Gasteiger partial charge in [0.15, 0.2) is 11.5 Å². The van der Waals surface area contributed by atoms with Gasteiger partial charge in [0.25, 0.3) is 15.9 Å². The number of fused-ring (bicyclic) bond motifs is 1. The van der Waals surface area contributed by atoms with Crippen molar-refractivity contribution < 1.29 is 35.9 Å². The van der Waals surface area contributed by atoms with Crippen LogP contribution in [-0.4, -0.2) is 40.1 Å². The quantitative estimate of drug-likeness (QED) is 0.273. The van der Waals surface area contributed by atoms with Gasteiger partial charge < -0.3 is 19.8 Å². The topological polar surface area (TPSA) is 127 Å². The van der Waals surface area contributed by atoms with Crippen LogP contribution in [0.3, 0.4) is 0 Å². The van der Waals surface area contributed by atoms with Crippen LogP contribution in [0.25, 0.3) is 10.9 Å². The van der Waals surface area contributed by atoms with Gasteiger partial charge in [0.1, 0.15) is 5.56 Å². The van der Waals surface area contributed by atoms with Crippen LogP contribution in [0.1, 0.15) is 21.5 Å². The summed E-state index contributed by atoms with van der Waals surface area (Å²) >= 11 is 0. The summed E-state index contributed by atoms with van der Waals surface area (Å²) in [4.78, 5) is 28.3. The van der Waals surface area contributed by atoms with E-state index in [-0.39, 0.29) is 33.6 Å². The van der Waals surface area contributed by atoms with Gasteiger partial charge in [-0.25, -0.2) is 8.42 Å². The molecule has 210 valence electrons. The Balaban J connectivity index is 1.53. The van der Waals surface area contributed by atoms with E-state index in [1.807, 2.05) is 6.07 Å². The number of hydrogen-bond donors (Lipinski definition) is 3. The van der Waals surface area contributed by atoms with E-state index in [0.717, 1.165) is 23.8 Å². The minimum atomic E-state index is -4.66. The highest BCUT2D eigenvalue weighted by Crippen LogP contribution is 2.31. The Morgan fingerprint density at radius 2 is 1.73 bits per heavy atom. The fourth-order valence-electron chi connectivity index (χ4n) is 3.96. The Morgan fingerprint density at radius 1 is 0.975 bits per heavy atom. The number of aromatic nitrogens is 1. The van der Waals surface area contributed by atoms with E-state index in [4.69, 9.17) is 9.47 Å². The molecule has 3 N–H and O–H groups in total. The maximum absolute atomic E-state index is 13.1. The van der Waals surface area contributed by atoms with Crippen LogP contribution in [0.2, 0.25) is 0 Å². The number of rotatable bonds is 9. The fraction of sp³-hybridized carbons (Fsp3) is 0.185. The second kappa shape index (κ2) is 11.3. The molecule has 0 saturated heterocycles. The van der Waals surface area contributed by atoms with Crippen LogP contribution in [0.4, 0.5) is 18.9 Å². The number of nitrogens with one attached hydrogen (secondary N) is 3. The zero-order chi connectivity index (χ0) is 29.1. The van der Waals surface area contributed by atoms with Crippen molar-refractivity contribution in [3.05, 3.63) is 93.8 Å². The molecule has 1 heterocycles. The number of aromatic amines is 1. The molecule has 0 aliphatic rings. The first-order valence-electron chi connectivity index (χ1n) is 11.8. The SMILES string of the molecule is COc1ccc(CCNC(=O)c2c[nH]c3ccc(S(=O)(=O)Nc4cccc(C(F)(F)F)c4)cc3c2=O)cc1OC. The Kier molecular flexibility index (Phi) is 8.05. The van der Waals surface area contributed by atoms with E-state index in [2.05, 4.69) is 15.0 Å². The average molecular weight is 576 g/mol. The maximum Gasteiger partial charge on any atom is 0.416 e. The van der Waals surface area contributed by atoms with Gasteiger partial charge in [-0.1, -0.05) is 12.1 Å².